The summed E-state index contributed by atoms with van der Waals surface area (Å²) in [7, 11) is 0. The summed E-state index contributed by atoms with van der Waals surface area (Å²) in [4.78, 5) is 2.49. The van der Waals surface area contributed by atoms with Crippen LogP contribution in [0.15, 0.2) is 19.6 Å². The molecule has 2 aliphatic heterocycles. The molecule has 1 N–H and O–H groups in total. The Kier molecular flexibility index (Phi) is 3.62. The van der Waals surface area contributed by atoms with Crippen molar-refractivity contribution in [1.29, 1.82) is 0 Å². The van der Waals surface area contributed by atoms with Gasteiger partial charge in [0.25, 0.3) is 0 Å². The van der Waals surface area contributed by atoms with Crippen LogP contribution in [0.4, 0.5) is 0 Å². The number of nitrogens with one attached hydrogen (secondary N) is 1. The molecule has 1 aromatic heterocycles. The predicted octanol–water partition coefficient (Wildman–Crippen LogP) is 3.13. The van der Waals surface area contributed by atoms with Crippen LogP contribution in [-0.4, -0.2) is 30.1 Å². The second-order valence-electron chi connectivity index (χ2n) is 5.00. The van der Waals surface area contributed by atoms with Gasteiger partial charge >= 0.3 is 0 Å². The molecule has 0 aromatic carbocycles. The molecule has 0 amide bonds. The number of fused-ring (bicyclic) bond motifs is 2. The molecule has 2 bridgehead atoms. The first-order valence-electron chi connectivity index (χ1n) is 6.13. The fourth-order valence-electron chi connectivity index (χ4n) is 2.85. The van der Waals surface area contributed by atoms with E-state index in [0.717, 1.165) is 34.0 Å². The summed E-state index contributed by atoms with van der Waals surface area (Å²) in [6.07, 6.45) is 3.95. The van der Waals surface area contributed by atoms with Gasteiger partial charge in [0, 0.05) is 25.2 Å². The Hall–Kier alpha value is 0.160. The van der Waals surface area contributed by atoms with Crippen molar-refractivity contribution in [3.63, 3.8) is 0 Å². The summed E-state index contributed by atoms with van der Waals surface area (Å²) in [6.45, 7) is 3.23. The van der Waals surface area contributed by atoms with Gasteiger partial charge in [-0.15, -0.1) is 0 Å². The van der Waals surface area contributed by atoms with Crippen LogP contribution in [0.1, 0.15) is 25.0 Å². The van der Waals surface area contributed by atoms with Crippen LogP contribution in [0.3, 0.4) is 0 Å². The lowest BCUT2D eigenvalue weighted by molar-refractivity contribution is 0.230. The van der Waals surface area contributed by atoms with Crippen molar-refractivity contribution in [3.05, 3.63) is 21.0 Å². The topological polar surface area (TPSA) is 28.4 Å². The SMILES string of the molecule is Brc1cc(CN2CCC3CCC(C2)N3)oc1Br. The number of furan rings is 1. The summed E-state index contributed by atoms with van der Waals surface area (Å²) in [6, 6.07) is 3.49. The summed E-state index contributed by atoms with van der Waals surface area (Å²) >= 11 is 6.84. The highest BCUT2D eigenvalue weighted by molar-refractivity contribution is 9.13. The molecule has 3 heterocycles. The van der Waals surface area contributed by atoms with E-state index >= 15 is 0 Å². The molecule has 94 valence electrons. The first-order valence-corrected chi connectivity index (χ1v) is 7.71. The fourth-order valence-corrected chi connectivity index (χ4v) is 3.51. The van der Waals surface area contributed by atoms with Crippen LogP contribution >= 0.6 is 31.9 Å². The Balaban J connectivity index is 1.65. The quantitative estimate of drug-likeness (QED) is 0.874. The second kappa shape index (κ2) is 5.03. The summed E-state index contributed by atoms with van der Waals surface area (Å²) in [5.74, 6) is 1.03. The minimum atomic E-state index is 0.685. The minimum Gasteiger partial charge on any atom is -0.452 e. The van der Waals surface area contributed by atoms with E-state index in [4.69, 9.17) is 4.42 Å². The Labute approximate surface area is 118 Å². The molecule has 5 heteroatoms. The zero-order valence-corrected chi connectivity index (χ0v) is 12.8. The monoisotopic (exact) mass is 362 g/mol. The number of likely N-dealkylation sites (tertiary alicyclic amines) is 1. The zero-order valence-electron chi connectivity index (χ0n) is 9.59. The standard InChI is InChI=1S/C12H16Br2N2O/c13-11-5-10(17-12(11)14)7-16-4-3-8-1-2-9(6-16)15-8/h5,8-9,15H,1-4,6-7H2. The minimum absolute atomic E-state index is 0.685. The number of rotatable bonds is 2. The lowest BCUT2D eigenvalue weighted by Gasteiger charge is -2.22. The normalized spacial score (nSPS) is 29.5. The zero-order chi connectivity index (χ0) is 11.8. The molecule has 17 heavy (non-hydrogen) atoms. The molecule has 2 atom stereocenters. The maximum absolute atomic E-state index is 5.65. The van der Waals surface area contributed by atoms with Gasteiger partial charge in [-0.1, -0.05) is 0 Å². The van der Waals surface area contributed by atoms with E-state index in [-0.39, 0.29) is 0 Å². The van der Waals surface area contributed by atoms with Gasteiger partial charge in [0.05, 0.1) is 11.0 Å². The molecule has 3 nitrogen and oxygen atoms in total. The molecule has 0 radical (unpaired) electrons. The first-order chi connectivity index (χ1) is 8.20. The van der Waals surface area contributed by atoms with Gasteiger partial charge in [0.1, 0.15) is 5.76 Å². The van der Waals surface area contributed by atoms with Gasteiger partial charge in [-0.25, -0.2) is 0 Å². The van der Waals surface area contributed by atoms with E-state index in [1.165, 1.54) is 25.8 Å². The number of hydrogen-bond acceptors (Lipinski definition) is 3. The van der Waals surface area contributed by atoms with E-state index in [1.54, 1.807) is 0 Å². The van der Waals surface area contributed by atoms with Crippen molar-refractivity contribution in [2.24, 2.45) is 0 Å². The van der Waals surface area contributed by atoms with Crippen molar-refractivity contribution in [2.45, 2.75) is 37.9 Å². The third kappa shape index (κ3) is 2.78. The van der Waals surface area contributed by atoms with Crippen LogP contribution in [0.5, 0.6) is 0 Å². The lowest BCUT2D eigenvalue weighted by Crippen LogP contribution is -2.34. The van der Waals surface area contributed by atoms with Crippen LogP contribution in [0.25, 0.3) is 0 Å². The van der Waals surface area contributed by atoms with Gasteiger partial charge in [-0.2, -0.15) is 0 Å². The van der Waals surface area contributed by atoms with Gasteiger partial charge < -0.3 is 9.73 Å². The molecule has 2 saturated heterocycles. The molecule has 0 aliphatic carbocycles. The van der Waals surface area contributed by atoms with E-state index in [0.29, 0.717) is 6.04 Å². The third-order valence-electron chi connectivity index (χ3n) is 3.68. The van der Waals surface area contributed by atoms with E-state index in [9.17, 15) is 0 Å². The maximum Gasteiger partial charge on any atom is 0.183 e. The highest BCUT2D eigenvalue weighted by atomic mass is 79.9. The van der Waals surface area contributed by atoms with Crippen LogP contribution in [-0.2, 0) is 6.54 Å². The highest BCUT2D eigenvalue weighted by Crippen LogP contribution is 2.28. The van der Waals surface area contributed by atoms with Crippen LogP contribution in [0, 0.1) is 0 Å². The Bertz CT molecular complexity index is 388. The lowest BCUT2D eigenvalue weighted by atomic mass is 10.1. The van der Waals surface area contributed by atoms with Crippen molar-refractivity contribution in [2.75, 3.05) is 13.1 Å². The molecule has 2 fully saturated rings. The number of halogens is 2. The van der Waals surface area contributed by atoms with Gasteiger partial charge in [-0.05, 0) is 57.2 Å². The van der Waals surface area contributed by atoms with Crippen LogP contribution < -0.4 is 5.32 Å². The second-order valence-corrected chi connectivity index (χ2v) is 6.57. The van der Waals surface area contributed by atoms with Crippen LogP contribution in [0.2, 0.25) is 0 Å². The molecule has 1 aromatic rings. The number of nitrogens with zero attached hydrogens (tertiary/aromatic N) is 1. The van der Waals surface area contributed by atoms with Crippen molar-refractivity contribution in [1.82, 2.24) is 10.2 Å². The summed E-state index contributed by atoms with van der Waals surface area (Å²) < 4.78 is 7.44. The molecule has 0 saturated carbocycles. The smallest absolute Gasteiger partial charge is 0.183 e. The fraction of sp³-hybridized carbons (Fsp3) is 0.667. The van der Waals surface area contributed by atoms with Crippen molar-refractivity contribution in [3.8, 4) is 0 Å². The third-order valence-corrected chi connectivity index (χ3v) is 5.39. The molecular formula is C12H16Br2N2O. The first kappa shape index (κ1) is 12.2. The maximum atomic E-state index is 5.65. The molecule has 2 aliphatic rings. The Morgan fingerprint density at radius 2 is 2.12 bits per heavy atom. The molecule has 3 rings (SSSR count). The van der Waals surface area contributed by atoms with Gasteiger partial charge in [-0.3, -0.25) is 4.90 Å². The number of hydrogen-bond donors (Lipinski definition) is 1. The van der Waals surface area contributed by atoms with Gasteiger partial charge in [0.15, 0.2) is 4.67 Å². The highest BCUT2D eigenvalue weighted by Gasteiger charge is 2.29. The summed E-state index contributed by atoms with van der Waals surface area (Å²) in [5.41, 5.74) is 0. The largest absolute Gasteiger partial charge is 0.452 e. The molecule has 0 spiro atoms. The molecule has 2 unspecified atom stereocenters. The Morgan fingerprint density at radius 1 is 1.29 bits per heavy atom. The Morgan fingerprint density at radius 3 is 2.88 bits per heavy atom. The van der Waals surface area contributed by atoms with E-state index in [1.807, 2.05) is 0 Å². The van der Waals surface area contributed by atoms with Gasteiger partial charge in [0.2, 0.25) is 0 Å². The van der Waals surface area contributed by atoms with Crippen molar-refractivity contribution >= 4 is 31.9 Å². The van der Waals surface area contributed by atoms with E-state index in [2.05, 4.69) is 48.1 Å². The molecular weight excluding hydrogens is 348 g/mol. The summed E-state index contributed by atoms with van der Waals surface area (Å²) in [5, 5.41) is 3.69. The predicted molar refractivity (Wildman–Crippen MR) is 73.9 cm³/mol. The average molecular weight is 364 g/mol. The average Bonchev–Trinajstić information content (AvgIpc) is 2.76. The van der Waals surface area contributed by atoms with Crippen molar-refractivity contribution < 1.29 is 4.42 Å². The van der Waals surface area contributed by atoms with E-state index < -0.39 is 0 Å².